The second-order valence-electron chi connectivity index (χ2n) is 2.86. The second-order valence-corrected chi connectivity index (χ2v) is 2.86. The predicted molar refractivity (Wildman–Crippen MR) is 351 cm³/mol. The highest BCUT2D eigenvalue weighted by atomic mass is 127. The Morgan fingerprint density at radius 1 is 0.262 bits per heavy atom. The molecule has 0 aromatic rings. The van der Waals surface area contributed by atoms with Crippen molar-refractivity contribution in [2.75, 3.05) is 168 Å². The van der Waals surface area contributed by atoms with E-state index in [0.717, 1.165) is 0 Å². The third-order valence-electron chi connectivity index (χ3n) is 0. The molecule has 0 heterocycles. The zero-order valence-electron chi connectivity index (χ0n) is 41.6. The smallest absolute Gasteiger partial charge is 0.106 e. The summed E-state index contributed by atoms with van der Waals surface area (Å²) in [5.74, 6) is 7.25. The van der Waals surface area contributed by atoms with Crippen LogP contribution in [0, 0.1) is 21.6 Å². The van der Waals surface area contributed by atoms with Gasteiger partial charge in [-0.15, -0.1) is 46.4 Å². The average molecular weight is 1710 g/mol. The summed E-state index contributed by atoms with van der Waals surface area (Å²) in [6, 6.07) is 0. The standard InChI is InChI=1S/7C2H6O.4CH3Br.4CH3Cl.4CH3I.4CH3N.3CH2O.2CH4/c7*1-3-2;19*1-2;;/h7*1-2H3;12*1H3;4*2H,1H2;3*1H2;2*1H4. The van der Waals surface area contributed by atoms with Crippen LogP contribution in [0.5, 0.6) is 0 Å². The van der Waals surface area contributed by atoms with Crippen LogP contribution in [-0.4, -0.2) is 215 Å². The summed E-state index contributed by atoms with van der Waals surface area (Å²) in [6.45, 7) is 16.0. The van der Waals surface area contributed by atoms with Crippen LogP contribution in [0.4, 0.5) is 0 Å². The summed E-state index contributed by atoms with van der Waals surface area (Å²) in [7, 11) is 22.8. The Morgan fingerprint density at radius 2 is 0.262 bits per heavy atom. The van der Waals surface area contributed by atoms with Gasteiger partial charge in [-0.1, -0.05) is 169 Å². The number of hydrogen-bond donors (Lipinski definition) is 4. The van der Waals surface area contributed by atoms with Crippen LogP contribution in [0.2, 0.25) is 0 Å². The van der Waals surface area contributed by atoms with E-state index in [1.165, 1.54) is 25.5 Å². The van der Waals surface area contributed by atoms with Crippen molar-refractivity contribution in [3.63, 3.8) is 0 Å². The molecule has 0 fully saturated rings. The van der Waals surface area contributed by atoms with E-state index in [2.05, 4.69) is 261 Å². The number of ether oxygens (including phenoxy) is 7. The van der Waals surface area contributed by atoms with E-state index >= 15 is 0 Å². The average Bonchev–Trinajstić information content (AvgIpc) is 3.38. The number of hydrogen-bond acceptors (Lipinski definition) is 14. The van der Waals surface area contributed by atoms with E-state index in [1.807, 2.05) is 63.4 Å². The van der Waals surface area contributed by atoms with Gasteiger partial charge in [-0.2, -0.15) is 0 Å². The molecule has 26 heteroatoms. The lowest BCUT2D eigenvalue weighted by atomic mass is 11.6. The summed E-state index contributed by atoms with van der Waals surface area (Å²) < 4.78 is 29.8. The summed E-state index contributed by atoms with van der Waals surface area (Å²) in [4.78, 5) is 31.9. The maximum absolute atomic E-state index is 8.00. The first-order valence-electron chi connectivity index (χ1n) is 12.5. The fourth-order valence-corrected chi connectivity index (χ4v) is 0. The van der Waals surface area contributed by atoms with Gasteiger partial charge in [0.25, 0.3) is 0 Å². The van der Waals surface area contributed by atoms with Crippen LogP contribution in [0.3, 0.4) is 0 Å². The summed E-state index contributed by atoms with van der Waals surface area (Å²) in [5.41, 5.74) is 0. The van der Waals surface area contributed by atoms with Gasteiger partial charge in [0.2, 0.25) is 0 Å². The normalized spacial score (nSPS) is 3.70. The van der Waals surface area contributed by atoms with E-state index in [1.54, 1.807) is 99.5 Å². The van der Waals surface area contributed by atoms with Crippen LogP contribution < -0.4 is 0 Å². The summed E-state index contributed by atoms with van der Waals surface area (Å²) in [6.07, 6.45) is 5.89. The Kier molecular flexibility index (Phi) is 7300. The summed E-state index contributed by atoms with van der Waals surface area (Å²) >= 11 is 38.9. The Labute approximate surface area is 493 Å². The SMILES string of the molecule is C.C.C=N.C=N.C=N.C=N.C=O.C=O.C=O.CBr.CBr.CBr.CBr.CCl.CCl.CCl.CCl.CI.CI.CI.CI.COC.COC.COC.COC.COC.COC.COC. The number of carbonyl (C=O) groups is 3. The fraction of sp³-hybridized carbons (Fsp3) is 0.800. The summed E-state index contributed by atoms with van der Waals surface area (Å²) in [5, 5.41) is 22.0. The molecule has 0 radical (unpaired) electrons. The monoisotopic (exact) mass is 1700 g/mol. The van der Waals surface area contributed by atoms with Crippen LogP contribution in [-0.2, 0) is 47.5 Å². The van der Waals surface area contributed by atoms with Crippen molar-refractivity contribution in [2.45, 2.75) is 14.9 Å². The highest BCUT2D eigenvalue weighted by Gasteiger charge is 1.27. The largest absolute Gasteiger partial charge is 0.388 e. The van der Waals surface area contributed by atoms with Gasteiger partial charge < -0.3 is 69.2 Å². The molecule has 61 heavy (non-hydrogen) atoms. The molecule has 0 amide bonds. The molecule has 0 aromatic heterocycles. The second kappa shape index (κ2) is 2280. The van der Waals surface area contributed by atoms with Gasteiger partial charge in [0.1, 0.15) is 20.4 Å². The van der Waals surface area contributed by atoms with E-state index in [9.17, 15) is 0 Å². The zero-order chi connectivity index (χ0) is 56.9. The lowest BCUT2D eigenvalue weighted by Gasteiger charge is -1.61. The van der Waals surface area contributed by atoms with Crippen molar-refractivity contribution in [3.8, 4) is 0 Å². The number of nitrogens with one attached hydrogen (secondary N) is 4. The maximum atomic E-state index is 8.00. The quantitative estimate of drug-likeness (QED) is 0.102. The molecular weight excluding hydrogens is 1610 g/mol. The zero-order valence-corrected chi connectivity index (χ0v) is 59.6. The van der Waals surface area contributed by atoms with Crippen molar-refractivity contribution in [2.24, 2.45) is 0 Å². The first-order valence-corrected chi connectivity index (χ1v) is 30.5. The maximum Gasteiger partial charge on any atom is 0.106 e. The van der Waals surface area contributed by atoms with Crippen molar-refractivity contribution in [1.29, 1.82) is 21.6 Å². The number of rotatable bonds is 0. The van der Waals surface area contributed by atoms with E-state index in [-0.39, 0.29) is 14.9 Å². The number of alkyl halides is 12. The van der Waals surface area contributed by atoms with Crippen molar-refractivity contribution in [1.82, 2.24) is 0 Å². The van der Waals surface area contributed by atoms with Gasteiger partial charge >= 0.3 is 0 Å². The minimum Gasteiger partial charge on any atom is -0.388 e. The van der Waals surface area contributed by atoms with Crippen LogP contribution in [0.15, 0.2) is 0 Å². The predicted octanol–water partition coefficient (Wildman–Crippen LogP) is 15.3. The molecule has 0 aliphatic heterocycles. The van der Waals surface area contributed by atoms with Crippen molar-refractivity contribution in [3.05, 3.63) is 0 Å². The number of carbonyl (C=O) groups excluding carboxylic acids is 3. The molecule has 0 bridgehead atoms. The minimum absolute atomic E-state index is 0. The molecule has 4 N–H and O–H groups in total. The molecule has 0 saturated carbocycles. The Hall–Kier alpha value is 3.41. The first kappa shape index (κ1) is 195. The molecule has 0 saturated heterocycles. The molecule has 0 atom stereocenters. The van der Waals surface area contributed by atoms with Gasteiger partial charge in [0.15, 0.2) is 0 Å². The topological polar surface area (TPSA) is 211 Å². The number of halogens is 12. The molecule has 0 rings (SSSR count). The minimum atomic E-state index is 0. The van der Waals surface area contributed by atoms with Crippen LogP contribution in [0.25, 0.3) is 0 Å². The Bertz CT molecular complexity index is 184. The molecule has 0 aliphatic carbocycles. The van der Waals surface area contributed by atoms with E-state index in [4.69, 9.17) is 36.0 Å². The third-order valence-corrected chi connectivity index (χ3v) is 0. The molecule has 0 unspecified atom stereocenters. The van der Waals surface area contributed by atoms with Crippen LogP contribution in [0.1, 0.15) is 14.9 Å². The lowest BCUT2D eigenvalue weighted by Crippen LogP contribution is -1.55. The van der Waals surface area contributed by atoms with Gasteiger partial charge in [-0.05, 0) is 69.9 Å². The molecule has 14 nitrogen and oxygen atoms in total. The molecule has 0 spiro atoms. The van der Waals surface area contributed by atoms with Gasteiger partial charge in [0, 0.05) is 125 Å². The fourth-order valence-electron chi connectivity index (χ4n) is 0. The molecule has 0 aromatic carbocycles. The number of methoxy groups -OCH3 is 7. The van der Waals surface area contributed by atoms with Gasteiger partial charge in [-0.3, -0.25) is 0 Å². The third kappa shape index (κ3) is 20600. The highest BCUT2D eigenvalue weighted by Crippen LogP contribution is 1.49. The van der Waals surface area contributed by atoms with Gasteiger partial charge in [0.05, 0.1) is 0 Å². The van der Waals surface area contributed by atoms with Crippen molar-refractivity contribution >= 4 is 248 Å². The highest BCUT2D eigenvalue weighted by molar-refractivity contribution is 14.1. The lowest BCUT2D eigenvalue weighted by molar-refractivity contribution is -0.0987. The molecule has 0 aliphatic rings. The van der Waals surface area contributed by atoms with E-state index < -0.39 is 0 Å². The first-order chi connectivity index (χ1) is 28.9. The Balaban J connectivity index is -0.00000000715. The van der Waals surface area contributed by atoms with Crippen molar-refractivity contribution < 1.29 is 47.5 Å². The van der Waals surface area contributed by atoms with Gasteiger partial charge in [-0.25, -0.2) is 0 Å². The Morgan fingerprint density at radius 3 is 0.262 bits per heavy atom. The molecule has 408 valence electrons. The van der Waals surface area contributed by atoms with Crippen LogP contribution >= 0.6 is 200 Å². The van der Waals surface area contributed by atoms with E-state index in [0.29, 0.717) is 0 Å². The molecular formula is C35H104Br4Cl4I4N4O10.